The SMILES string of the molecule is COc1ccccc1[C@@H](C)[NH2+]CC(=O)NCC12CC3CC(CC(C3)C1)C2. The summed E-state index contributed by atoms with van der Waals surface area (Å²) in [7, 11) is 1.70. The van der Waals surface area contributed by atoms with Gasteiger partial charge in [-0.3, -0.25) is 4.79 Å². The molecule has 1 amide bonds. The van der Waals surface area contributed by atoms with Crippen molar-refractivity contribution in [2.75, 3.05) is 20.2 Å². The van der Waals surface area contributed by atoms with Crippen molar-refractivity contribution in [3.63, 3.8) is 0 Å². The highest BCUT2D eigenvalue weighted by Crippen LogP contribution is 2.59. The van der Waals surface area contributed by atoms with Crippen molar-refractivity contribution < 1.29 is 14.8 Å². The molecule has 4 fully saturated rings. The first kappa shape index (κ1) is 17.8. The molecule has 26 heavy (non-hydrogen) atoms. The minimum Gasteiger partial charge on any atom is -0.496 e. The molecule has 1 atom stereocenters. The highest BCUT2D eigenvalue weighted by atomic mass is 16.5. The van der Waals surface area contributed by atoms with Crippen LogP contribution in [0, 0.1) is 23.2 Å². The van der Waals surface area contributed by atoms with E-state index >= 15 is 0 Å². The molecular weight excluding hydrogens is 324 g/mol. The van der Waals surface area contributed by atoms with Gasteiger partial charge in [0.2, 0.25) is 0 Å². The van der Waals surface area contributed by atoms with Gasteiger partial charge in [0.25, 0.3) is 5.91 Å². The molecule has 0 aromatic heterocycles. The molecule has 0 saturated heterocycles. The van der Waals surface area contributed by atoms with Gasteiger partial charge in [-0.1, -0.05) is 12.1 Å². The van der Waals surface area contributed by atoms with Gasteiger partial charge in [0, 0.05) is 6.54 Å². The Bertz CT molecular complexity index is 622. The quantitative estimate of drug-likeness (QED) is 0.788. The third kappa shape index (κ3) is 3.62. The van der Waals surface area contributed by atoms with Crippen LogP contribution in [0.15, 0.2) is 24.3 Å². The maximum atomic E-state index is 12.5. The van der Waals surface area contributed by atoms with Crippen molar-refractivity contribution in [1.29, 1.82) is 0 Å². The van der Waals surface area contributed by atoms with Gasteiger partial charge in [0.15, 0.2) is 6.54 Å². The highest BCUT2D eigenvalue weighted by molar-refractivity contribution is 5.76. The van der Waals surface area contributed by atoms with Crippen molar-refractivity contribution in [1.82, 2.24) is 5.32 Å². The van der Waals surface area contributed by atoms with Gasteiger partial charge >= 0.3 is 0 Å². The third-order valence-corrected chi connectivity index (χ3v) is 7.11. The summed E-state index contributed by atoms with van der Waals surface area (Å²) in [6.45, 7) is 3.50. The Morgan fingerprint density at radius 2 is 1.81 bits per heavy atom. The average molecular weight is 358 g/mol. The third-order valence-electron chi connectivity index (χ3n) is 7.11. The average Bonchev–Trinajstić information content (AvgIpc) is 2.63. The first-order chi connectivity index (χ1) is 12.6. The van der Waals surface area contributed by atoms with E-state index in [0.29, 0.717) is 12.0 Å². The van der Waals surface area contributed by atoms with Gasteiger partial charge < -0.3 is 15.4 Å². The Morgan fingerprint density at radius 3 is 2.42 bits per heavy atom. The molecule has 142 valence electrons. The van der Waals surface area contributed by atoms with Gasteiger partial charge in [0.1, 0.15) is 11.8 Å². The van der Waals surface area contributed by atoms with Crippen LogP contribution in [0.3, 0.4) is 0 Å². The zero-order valence-corrected chi connectivity index (χ0v) is 16.2. The van der Waals surface area contributed by atoms with Crippen molar-refractivity contribution in [2.45, 2.75) is 51.5 Å². The summed E-state index contributed by atoms with van der Waals surface area (Å²) in [6.07, 6.45) is 8.41. The Balaban J connectivity index is 1.27. The second-order valence-electron chi connectivity index (χ2n) is 9.16. The molecule has 1 aromatic rings. The maximum Gasteiger partial charge on any atom is 0.275 e. The number of nitrogens with one attached hydrogen (secondary N) is 1. The fourth-order valence-electron chi connectivity index (χ4n) is 6.32. The number of hydrogen-bond acceptors (Lipinski definition) is 2. The molecule has 0 radical (unpaired) electrons. The summed E-state index contributed by atoms with van der Waals surface area (Å²) in [5.74, 6) is 3.88. The number of quaternary nitrogens is 1. The van der Waals surface area contributed by atoms with Crippen LogP contribution in [0.5, 0.6) is 5.75 Å². The lowest BCUT2D eigenvalue weighted by atomic mass is 9.49. The van der Waals surface area contributed by atoms with Crippen LogP contribution in [0.2, 0.25) is 0 Å². The molecular formula is C22H33N2O2+. The van der Waals surface area contributed by atoms with Crippen LogP contribution in [0.4, 0.5) is 0 Å². The number of nitrogens with two attached hydrogens (primary N) is 1. The molecule has 4 aliphatic rings. The van der Waals surface area contributed by atoms with E-state index in [1.165, 1.54) is 38.5 Å². The first-order valence-electron chi connectivity index (χ1n) is 10.3. The predicted octanol–water partition coefficient (Wildman–Crippen LogP) is 2.65. The Kier molecular flexibility index (Phi) is 4.96. The number of benzene rings is 1. The van der Waals surface area contributed by atoms with Gasteiger partial charge in [-0.15, -0.1) is 0 Å². The minimum absolute atomic E-state index is 0.169. The monoisotopic (exact) mass is 357 g/mol. The molecule has 0 heterocycles. The van der Waals surface area contributed by atoms with Crippen LogP contribution in [-0.4, -0.2) is 26.1 Å². The second-order valence-corrected chi connectivity index (χ2v) is 9.16. The van der Waals surface area contributed by atoms with E-state index in [0.717, 1.165) is 35.6 Å². The van der Waals surface area contributed by atoms with Crippen LogP contribution >= 0.6 is 0 Å². The minimum atomic E-state index is 0.169. The number of para-hydroxylation sites is 1. The van der Waals surface area contributed by atoms with Gasteiger partial charge in [-0.2, -0.15) is 0 Å². The van der Waals surface area contributed by atoms with Crippen molar-refractivity contribution >= 4 is 5.91 Å². The molecule has 4 heteroatoms. The van der Waals surface area contributed by atoms with Crippen LogP contribution in [0.25, 0.3) is 0 Å². The lowest BCUT2D eigenvalue weighted by Crippen LogP contribution is -2.87. The number of carbonyl (C=O) groups excluding carboxylic acids is 1. The number of methoxy groups -OCH3 is 1. The zero-order valence-electron chi connectivity index (χ0n) is 16.2. The Morgan fingerprint density at radius 1 is 1.19 bits per heavy atom. The lowest BCUT2D eigenvalue weighted by Gasteiger charge is -2.56. The van der Waals surface area contributed by atoms with E-state index in [1.54, 1.807) is 7.11 Å². The standard InChI is InChI=1S/C22H32N2O2/c1-15(19-5-3-4-6-20(19)26-2)23-13-21(25)24-14-22-10-16-7-17(11-22)9-18(8-16)12-22/h3-6,15-18,23H,7-14H2,1-2H3,(H,24,25)/p+1/t15-,16?,17?,18?,22?/m1/s1. The lowest BCUT2D eigenvalue weighted by molar-refractivity contribution is -0.682. The first-order valence-corrected chi connectivity index (χ1v) is 10.3. The largest absolute Gasteiger partial charge is 0.496 e. The topological polar surface area (TPSA) is 54.9 Å². The van der Waals surface area contributed by atoms with Crippen molar-refractivity contribution in [2.24, 2.45) is 23.2 Å². The van der Waals surface area contributed by atoms with Crippen molar-refractivity contribution in [3.8, 4) is 5.75 Å². The van der Waals surface area contributed by atoms with E-state index in [1.807, 2.05) is 18.2 Å². The Labute approximate surface area is 157 Å². The molecule has 0 aliphatic heterocycles. The maximum absolute atomic E-state index is 12.5. The van der Waals surface area contributed by atoms with Gasteiger partial charge in [0.05, 0.1) is 12.7 Å². The fourth-order valence-corrected chi connectivity index (χ4v) is 6.32. The summed E-state index contributed by atoms with van der Waals surface area (Å²) in [4.78, 5) is 12.5. The van der Waals surface area contributed by atoms with Crippen molar-refractivity contribution in [3.05, 3.63) is 29.8 Å². The van der Waals surface area contributed by atoms with Gasteiger partial charge in [-0.25, -0.2) is 0 Å². The molecule has 4 aliphatic carbocycles. The van der Waals surface area contributed by atoms with Crippen LogP contribution < -0.4 is 15.4 Å². The number of ether oxygens (including phenoxy) is 1. The van der Waals surface area contributed by atoms with Gasteiger partial charge in [-0.05, 0) is 80.8 Å². The van der Waals surface area contributed by atoms with E-state index in [9.17, 15) is 4.79 Å². The fraction of sp³-hybridized carbons (Fsp3) is 0.682. The molecule has 1 aromatic carbocycles. The summed E-state index contributed by atoms with van der Waals surface area (Å²) < 4.78 is 5.44. The summed E-state index contributed by atoms with van der Waals surface area (Å²) in [5, 5.41) is 5.38. The smallest absolute Gasteiger partial charge is 0.275 e. The molecule has 4 bridgehead atoms. The van der Waals surface area contributed by atoms with E-state index in [-0.39, 0.29) is 11.9 Å². The normalized spacial score (nSPS) is 33.1. The molecule has 0 spiro atoms. The molecule has 4 nitrogen and oxygen atoms in total. The molecule has 3 N–H and O–H groups in total. The van der Waals surface area contributed by atoms with E-state index in [2.05, 4.69) is 23.6 Å². The number of rotatable bonds is 7. The van der Waals surface area contributed by atoms with E-state index < -0.39 is 0 Å². The van der Waals surface area contributed by atoms with Crippen LogP contribution in [0.1, 0.15) is 57.1 Å². The number of hydrogen-bond donors (Lipinski definition) is 2. The second kappa shape index (κ2) is 7.22. The van der Waals surface area contributed by atoms with Crippen LogP contribution in [-0.2, 0) is 4.79 Å². The summed E-state index contributed by atoms with van der Waals surface area (Å²) in [5.41, 5.74) is 1.56. The number of carbonyl (C=O) groups is 1. The number of amides is 1. The molecule has 5 rings (SSSR count). The zero-order chi connectivity index (χ0) is 18.1. The Hall–Kier alpha value is -1.55. The molecule has 0 unspecified atom stereocenters. The molecule has 4 saturated carbocycles. The predicted molar refractivity (Wildman–Crippen MR) is 102 cm³/mol. The summed E-state index contributed by atoms with van der Waals surface area (Å²) >= 11 is 0. The van der Waals surface area contributed by atoms with E-state index in [4.69, 9.17) is 4.74 Å². The highest BCUT2D eigenvalue weighted by Gasteiger charge is 2.50. The summed E-state index contributed by atoms with van der Waals surface area (Å²) in [6, 6.07) is 8.26.